The quantitative estimate of drug-likeness (QED) is 0.338. The lowest BCUT2D eigenvalue weighted by molar-refractivity contribution is -0.384. The molecule has 10 heteroatoms. The molecule has 0 radical (unpaired) electrons. The first-order valence-electron chi connectivity index (χ1n) is 8.73. The molecule has 0 spiro atoms. The van der Waals surface area contributed by atoms with Gasteiger partial charge in [0.2, 0.25) is 0 Å². The lowest BCUT2D eigenvalue weighted by Gasteiger charge is -2.10. The van der Waals surface area contributed by atoms with Crippen LogP contribution >= 0.6 is 0 Å². The summed E-state index contributed by atoms with van der Waals surface area (Å²) < 4.78 is 20.6. The van der Waals surface area contributed by atoms with Crippen LogP contribution in [0.1, 0.15) is 5.56 Å². The van der Waals surface area contributed by atoms with Crippen LogP contribution in [0.5, 0.6) is 11.5 Å². The number of rotatable bonds is 8. The fraction of sp³-hybridized carbons (Fsp3) is 0.200. The molecule has 0 aliphatic heterocycles. The van der Waals surface area contributed by atoms with Crippen molar-refractivity contribution in [3.63, 3.8) is 0 Å². The summed E-state index contributed by atoms with van der Waals surface area (Å²) in [7, 11) is 2.90. The molecule has 0 saturated carbocycles. The second-order valence-corrected chi connectivity index (χ2v) is 6.15. The number of nitrogens with one attached hydrogen (secondary N) is 1. The molecule has 3 aromatic rings. The van der Waals surface area contributed by atoms with Crippen molar-refractivity contribution in [3.05, 3.63) is 58.3 Å². The van der Waals surface area contributed by atoms with Gasteiger partial charge >= 0.3 is 5.97 Å². The molecular weight excluding hydrogens is 396 g/mol. The molecular formula is C20H18N2O8. The summed E-state index contributed by atoms with van der Waals surface area (Å²) in [6.07, 6.45) is 1.35. The van der Waals surface area contributed by atoms with E-state index in [2.05, 4.69) is 5.32 Å². The first kappa shape index (κ1) is 20.6. The van der Waals surface area contributed by atoms with Crippen LogP contribution in [0.25, 0.3) is 11.0 Å². The van der Waals surface area contributed by atoms with Crippen molar-refractivity contribution in [2.75, 3.05) is 26.1 Å². The van der Waals surface area contributed by atoms with E-state index >= 15 is 0 Å². The van der Waals surface area contributed by atoms with Gasteiger partial charge in [-0.2, -0.15) is 0 Å². The number of anilines is 1. The van der Waals surface area contributed by atoms with E-state index in [0.717, 1.165) is 11.5 Å². The molecule has 3 rings (SSSR count). The van der Waals surface area contributed by atoms with Crippen molar-refractivity contribution < 1.29 is 33.1 Å². The highest BCUT2D eigenvalue weighted by atomic mass is 16.6. The highest BCUT2D eigenvalue weighted by Crippen LogP contribution is 2.29. The highest BCUT2D eigenvalue weighted by Gasteiger charge is 2.16. The lowest BCUT2D eigenvalue weighted by atomic mass is 10.1. The molecule has 0 aliphatic rings. The number of carbonyl (C=O) groups excluding carboxylic acids is 2. The summed E-state index contributed by atoms with van der Waals surface area (Å²) in [6.45, 7) is -0.561. The van der Waals surface area contributed by atoms with Crippen molar-refractivity contribution >= 4 is 34.2 Å². The van der Waals surface area contributed by atoms with Gasteiger partial charge in [0, 0.05) is 29.1 Å². The van der Waals surface area contributed by atoms with Crippen LogP contribution in [0.3, 0.4) is 0 Å². The van der Waals surface area contributed by atoms with Crippen molar-refractivity contribution in [1.29, 1.82) is 0 Å². The largest absolute Gasteiger partial charge is 0.497 e. The first-order valence-corrected chi connectivity index (χ1v) is 8.73. The Morgan fingerprint density at radius 3 is 2.63 bits per heavy atom. The summed E-state index contributed by atoms with van der Waals surface area (Å²) in [5, 5.41) is 14.1. The first-order chi connectivity index (χ1) is 14.4. The maximum absolute atomic E-state index is 12.1. The maximum Gasteiger partial charge on any atom is 0.310 e. The number of fused-ring (bicyclic) bond motifs is 1. The number of benzene rings is 2. The van der Waals surface area contributed by atoms with Gasteiger partial charge in [0.05, 0.1) is 37.5 Å². The Morgan fingerprint density at radius 1 is 1.13 bits per heavy atom. The molecule has 2 aromatic carbocycles. The molecule has 30 heavy (non-hydrogen) atoms. The van der Waals surface area contributed by atoms with Gasteiger partial charge in [-0.05, 0) is 18.2 Å². The van der Waals surface area contributed by atoms with Gasteiger partial charge in [-0.1, -0.05) is 0 Å². The van der Waals surface area contributed by atoms with E-state index < -0.39 is 23.4 Å². The third-order valence-corrected chi connectivity index (χ3v) is 4.23. The topological polar surface area (TPSA) is 130 Å². The Labute approximate surface area is 170 Å². The predicted octanol–water partition coefficient (Wildman–Crippen LogP) is 3.08. The van der Waals surface area contributed by atoms with Crippen LogP contribution in [-0.4, -0.2) is 37.6 Å². The van der Waals surface area contributed by atoms with E-state index in [-0.39, 0.29) is 23.5 Å². The van der Waals surface area contributed by atoms with E-state index in [4.69, 9.17) is 18.6 Å². The molecule has 0 saturated heterocycles. The van der Waals surface area contributed by atoms with Crippen LogP contribution < -0.4 is 14.8 Å². The standard InChI is InChI=1S/C20H18N2O8/c1-27-14-4-5-15-12(10-29-18(15)9-14)7-20(24)30-11-19(23)21-16-8-13(22(25)26)3-6-17(16)28-2/h3-6,8-10H,7,11H2,1-2H3,(H,21,23). The summed E-state index contributed by atoms with van der Waals surface area (Å²) in [6, 6.07) is 8.97. The number of hydrogen-bond donors (Lipinski definition) is 1. The summed E-state index contributed by atoms with van der Waals surface area (Å²) >= 11 is 0. The zero-order chi connectivity index (χ0) is 21.7. The number of esters is 1. The van der Waals surface area contributed by atoms with Crippen molar-refractivity contribution in [3.8, 4) is 11.5 Å². The van der Waals surface area contributed by atoms with Crippen LogP contribution in [0.15, 0.2) is 47.1 Å². The molecule has 156 valence electrons. The Morgan fingerprint density at radius 2 is 1.93 bits per heavy atom. The van der Waals surface area contributed by atoms with Crippen LogP contribution in [-0.2, 0) is 20.7 Å². The average Bonchev–Trinajstić information content (AvgIpc) is 3.13. The van der Waals surface area contributed by atoms with Crippen LogP contribution in [0, 0.1) is 10.1 Å². The molecule has 1 heterocycles. The van der Waals surface area contributed by atoms with Gasteiger partial charge in [-0.25, -0.2) is 0 Å². The molecule has 0 unspecified atom stereocenters. The number of nitro benzene ring substituents is 1. The molecule has 1 N–H and O–H groups in total. The minimum atomic E-state index is -0.663. The Kier molecular flexibility index (Phi) is 6.16. The molecule has 0 aliphatic carbocycles. The van der Waals surface area contributed by atoms with Gasteiger partial charge in [0.25, 0.3) is 11.6 Å². The lowest BCUT2D eigenvalue weighted by Crippen LogP contribution is -2.22. The Bertz CT molecular complexity index is 1110. The summed E-state index contributed by atoms with van der Waals surface area (Å²) in [5.74, 6) is -0.432. The number of hydrogen-bond acceptors (Lipinski definition) is 8. The molecule has 0 fully saturated rings. The number of nitrogens with zero attached hydrogens (tertiary/aromatic N) is 1. The van der Waals surface area contributed by atoms with Crippen LogP contribution in [0.4, 0.5) is 11.4 Å². The van der Waals surface area contributed by atoms with Gasteiger partial charge < -0.3 is 23.9 Å². The van der Waals surface area contributed by atoms with Crippen molar-refractivity contribution in [2.45, 2.75) is 6.42 Å². The van der Waals surface area contributed by atoms with E-state index in [1.165, 1.54) is 32.6 Å². The second-order valence-electron chi connectivity index (χ2n) is 6.15. The Balaban J connectivity index is 1.59. The minimum Gasteiger partial charge on any atom is -0.497 e. The van der Waals surface area contributed by atoms with Crippen molar-refractivity contribution in [2.24, 2.45) is 0 Å². The SMILES string of the molecule is COc1ccc2c(CC(=O)OCC(=O)Nc3cc([N+](=O)[O-])ccc3OC)coc2c1. The fourth-order valence-electron chi connectivity index (χ4n) is 2.77. The summed E-state index contributed by atoms with van der Waals surface area (Å²) in [5.41, 5.74) is 1.06. The minimum absolute atomic E-state index is 0.0905. The number of non-ortho nitro benzene ring substituents is 1. The molecule has 0 bridgehead atoms. The van der Waals surface area contributed by atoms with E-state index in [9.17, 15) is 19.7 Å². The van der Waals surface area contributed by atoms with E-state index in [0.29, 0.717) is 16.9 Å². The third kappa shape index (κ3) is 4.66. The number of amides is 1. The monoisotopic (exact) mass is 414 g/mol. The number of carbonyl (C=O) groups is 2. The normalized spacial score (nSPS) is 10.5. The zero-order valence-corrected chi connectivity index (χ0v) is 16.2. The van der Waals surface area contributed by atoms with Gasteiger partial charge in [-0.15, -0.1) is 0 Å². The summed E-state index contributed by atoms with van der Waals surface area (Å²) in [4.78, 5) is 34.5. The average molecular weight is 414 g/mol. The smallest absolute Gasteiger partial charge is 0.310 e. The number of methoxy groups -OCH3 is 2. The van der Waals surface area contributed by atoms with Gasteiger partial charge in [0.15, 0.2) is 6.61 Å². The number of nitro groups is 1. The third-order valence-electron chi connectivity index (χ3n) is 4.23. The molecule has 0 atom stereocenters. The maximum atomic E-state index is 12.1. The number of ether oxygens (including phenoxy) is 3. The Hall–Kier alpha value is -4.08. The molecule has 1 amide bonds. The zero-order valence-electron chi connectivity index (χ0n) is 16.2. The van der Waals surface area contributed by atoms with Gasteiger partial charge in [0.1, 0.15) is 17.1 Å². The fourth-order valence-corrected chi connectivity index (χ4v) is 2.77. The van der Waals surface area contributed by atoms with Gasteiger partial charge in [-0.3, -0.25) is 19.7 Å². The number of furan rings is 1. The van der Waals surface area contributed by atoms with E-state index in [1.54, 1.807) is 18.2 Å². The highest BCUT2D eigenvalue weighted by molar-refractivity contribution is 5.95. The van der Waals surface area contributed by atoms with E-state index in [1.807, 2.05) is 0 Å². The predicted molar refractivity (Wildman–Crippen MR) is 106 cm³/mol. The van der Waals surface area contributed by atoms with Crippen LogP contribution in [0.2, 0.25) is 0 Å². The van der Waals surface area contributed by atoms with Crippen molar-refractivity contribution in [1.82, 2.24) is 0 Å². The molecule has 10 nitrogen and oxygen atoms in total. The second kappa shape index (κ2) is 8.95. The molecule has 1 aromatic heterocycles.